The van der Waals surface area contributed by atoms with E-state index in [2.05, 4.69) is 10.6 Å². The van der Waals surface area contributed by atoms with Crippen LogP contribution in [0.3, 0.4) is 0 Å². The van der Waals surface area contributed by atoms with Crippen molar-refractivity contribution in [3.63, 3.8) is 0 Å². The molecule has 2 atom stereocenters. The van der Waals surface area contributed by atoms with Gasteiger partial charge in [-0.15, -0.1) is 11.8 Å². The van der Waals surface area contributed by atoms with Crippen LogP contribution in [0.4, 0.5) is 11.4 Å². The Morgan fingerprint density at radius 1 is 1.17 bits per heavy atom. The number of likely N-dealkylation sites (tertiary alicyclic amines) is 1. The number of ether oxygens (including phenoxy) is 1. The molecule has 2 aliphatic rings. The topological polar surface area (TPSA) is 87.7 Å². The van der Waals surface area contributed by atoms with Gasteiger partial charge in [0.15, 0.2) is 5.25 Å². The molecule has 2 aromatic carbocycles. The van der Waals surface area contributed by atoms with Crippen LogP contribution in [0.2, 0.25) is 0 Å². The molecule has 0 aliphatic carbocycles. The first-order valence-corrected chi connectivity index (χ1v) is 10.7. The molecule has 1 saturated heterocycles. The smallest absolute Gasteiger partial charge is 0.247 e. The Balaban J connectivity index is 1.40. The molecule has 8 heteroatoms. The Morgan fingerprint density at radius 3 is 2.70 bits per heavy atom. The number of hydrogen-bond acceptors (Lipinski definition) is 5. The number of para-hydroxylation sites is 1. The molecule has 3 amide bonds. The minimum atomic E-state index is -0.830. The Morgan fingerprint density at radius 2 is 1.93 bits per heavy atom. The van der Waals surface area contributed by atoms with Gasteiger partial charge >= 0.3 is 0 Å². The highest BCUT2D eigenvalue weighted by Crippen LogP contribution is 2.36. The van der Waals surface area contributed by atoms with E-state index in [0.717, 1.165) is 17.0 Å². The minimum Gasteiger partial charge on any atom is -0.497 e. The van der Waals surface area contributed by atoms with Crippen LogP contribution in [0, 0.1) is 5.92 Å². The maximum atomic E-state index is 13.1. The van der Waals surface area contributed by atoms with E-state index in [-0.39, 0.29) is 23.6 Å². The minimum absolute atomic E-state index is 0.122. The maximum absolute atomic E-state index is 13.1. The zero-order valence-corrected chi connectivity index (χ0v) is 17.4. The van der Waals surface area contributed by atoms with Gasteiger partial charge in [0, 0.05) is 23.7 Å². The Labute approximate surface area is 179 Å². The number of carbonyl (C=O) groups excluding carboxylic acids is 3. The van der Waals surface area contributed by atoms with Gasteiger partial charge in [-0.2, -0.15) is 0 Å². The fraction of sp³-hybridized carbons (Fsp3) is 0.318. The van der Waals surface area contributed by atoms with Crippen LogP contribution in [0.1, 0.15) is 12.8 Å². The number of anilines is 2. The van der Waals surface area contributed by atoms with Gasteiger partial charge < -0.3 is 20.3 Å². The normalized spacial score (nSPS) is 20.7. The molecule has 0 radical (unpaired) electrons. The summed E-state index contributed by atoms with van der Waals surface area (Å²) in [7, 11) is 1.59. The second-order valence-corrected chi connectivity index (χ2v) is 8.47. The van der Waals surface area contributed by atoms with Crippen molar-refractivity contribution in [2.24, 2.45) is 5.92 Å². The molecule has 0 spiro atoms. The van der Waals surface area contributed by atoms with Crippen LogP contribution in [-0.2, 0) is 14.4 Å². The standard InChI is InChI=1S/C22H23N3O4S/c1-29-16-10-8-15(9-11-16)23-20(26)14-5-4-12-25(13-14)22(28)19-21(27)24-17-6-2-3-7-18(17)30-19/h2-3,6-11,14,19H,4-5,12-13H2,1H3,(H,23,26)(H,24,27)/t14-,19+/m1/s1. The first kappa shape index (κ1) is 20.3. The number of nitrogens with zero attached hydrogens (tertiary/aromatic N) is 1. The number of hydrogen-bond donors (Lipinski definition) is 2. The summed E-state index contributed by atoms with van der Waals surface area (Å²) < 4.78 is 5.13. The number of fused-ring (bicyclic) bond motifs is 1. The number of piperidine rings is 1. The van der Waals surface area contributed by atoms with Crippen molar-refractivity contribution in [3.8, 4) is 5.75 Å². The Bertz CT molecular complexity index is 963. The third-order valence-electron chi connectivity index (χ3n) is 5.31. The van der Waals surface area contributed by atoms with E-state index in [4.69, 9.17) is 4.74 Å². The zero-order valence-electron chi connectivity index (χ0n) is 16.6. The zero-order chi connectivity index (χ0) is 21.1. The molecule has 0 aromatic heterocycles. The number of carbonyl (C=O) groups is 3. The molecular formula is C22H23N3O4S. The lowest BCUT2D eigenvalue weighted by Gasteiger charge is -2.35. The van der Waals surface area contributed by atoms with Gasteiger partial charge in [0.25, 0.3) is 0 Å². The molecule has 0 unspecified atom stereocenters. The number of benzene rings is 2. The predicted octanol–water partition coefficient (Wildman–Crippen LogP) is 2.99. The van der Waals surface area contributed by atoms with Gasteiger partial charge in [-0.05, 0) is 49.2 Å². The van der Waals surface area contributed by atoms with Crippen LogP contribution >= 0.6 is 11.8 Å². The van der Waals surface area contributed by atoms with Crippen LogP contribution in [0.15, 0.2) is 53.4 Å². The van der Waals surface area contributed by atoms with Crippen LogP contribution in [0.5, 0.6) is 5.75 Å². The molecule has 2 aromatic rings. The molecule has 7 nitrogen and oxygen atoms in total. The van der Waals surface area contributed by atoms with Crippen molar-refractivity contribution in [2.75, 3.05) is 30.8 Å². The molecule has 2 aliphatic heterocycles. The summed E-state index contributed by atoms with van der Waals surface area (Å²) in [6.45, 7) is 0.865. The summed E-state index contributed by atoms with van der Waals surface area (Å²) in [5.74, 6) is -0.271. The molecule has 0 saturated carbocycles. The molecule has 30 heavy (non-hydrogen) atoms. The maximum Gasteiger partial charge on any atom is 0.247 e. The van der Waals surface area contributed by atoms with Crippen molar-refractivity contribution in [1.29, 1.82) is 0 Å². The first-order chi connectivity index (χ1) is 14.5. The van der Waals surface area contributed by atoms with E-state index in [1.165, 1.54) is 11.8 Å². The Hall–Kier alpha value is -3.00. The average molecular weight is 426 g/mol. The SMILES string of the molecule is COc1ccc(NC(=O)[C@@H]2CCCN(C(=O)[C@H]3Sc4ccccc4NC3=O)C2)cc1. The van der Waals surface area contributed by atoms with Gasteiger partial charge in [-0.25, -0.2) is 0 Å². The van der Waals surface area contributed by atoms with Crippen LogP contribution < -0.4 is 15.4 Å². The lowest BCUT2D eigenvalue weighted by molar-refractivity contribution is -0.136. The van der Waals surface area contributed by atoms with E-state index in [1.54, 1.807) is 36.3 Å². The second kappa shape index (κ2) is 8.79. The number of thioether (sulfide) groups is 1. The highest BCUT2D eigenvalue weighted by atomic mass is 32.2. The van der Waals surface area contributed by atoms with Crippen molar-refractivity contribution >= 4 is 40.9 Å². The number of nitrogens with one attached hydrogen (secondary N) is 2. The van der Waals surface area contributed by atoms with Crippen LogP contribution in [-0.4, -0.2) is 48.1 Å². The summed E-state index contributed by atoms with van der Waals surface area (Å²) >= 11 is 1.27. The summed E-state index contributed by atoms with van der Waals surface area (Å²) in [5.41, 5.74) is 1.41. The van der Waals surface area contributed by atoms with Gasteiger partial charge in [-0.1, -0.05) is 12.1 Å². The third-order valence-corrected chi connectivity index (χ3v) is 6.57. The number of rotatable bonds is 4. The van der Waals surface area contributed by atoms with Crippen molar-refractivity contribution in [3.05, 3.63) is 48.5 Å². The third kappa shape index (κ3) is 4.28. The molecule has 4 rings (SSSR count). The summed E-state index contributed by atoms with van der Waals surface area (Å²) in [6.07, 6.45) is 1.43. The molecule has 1 fully saturated rings. The van der Waals surface area contributed by atoms with Gasteiger partial charge in [0.2, 0.25) is 17.7 Å². The Kier molecular flexibility index (Phi) is 5.94. The molecule has 156 valence electrons. The summed E-state index contributed by atoms with van der Waals surface area (Å²) in [4.78, 5) is 40.8. The highest BCUT2D eigenvalue weighted by Gasteiger charge is 2.38. The van der Waals surface area contributed by atoms with E-state index in [9.17, 15) is 14.4 Å². The lowest BCUT2D eigenvalue weighted by atomic mass is 9.96. The van der Waals surface area contributed by atoms with E-state index in [0.29, 0.717) is 30.9 Å². The second-order valence-electron chi connectivity index (χ2n) is 7.32. The number of amides is 3. The first-order valence-electron chi connectivity index (χ1n) is 9.85. The largest absolute Gasteiger partial charge is 0.497 e. The molecule has 2 N–H and O–H groups in total. The molecule has 2 heterocycles. The molecule has 0 bridgehead atoms. The lowest BCUT2D eigenvalue weighted by Crippen LogP contribution is -2.50. The van der Waals surface area contributed by atoms with E-state index >= 15 is 0 Å². The fourth-order valence-electron chi connectivity index (χ4n) is 3.69. The molecular weight excluding hydrogens is 402 g/mol. The van der Waals surface area contributed by atoms with E-state index in [1.807, 2.05) is 24.3 Å². The van der Waals surface area contributed by atoms with Gasteiger partial charge in [0.05, 0.1) is 18.7 Å². The van der Waals surface area contributed by atoms with Gasteiger partial charge in [-0.3, -0.25) is 14.4 Å². The summed E-state index contributed by atoms with van der Waals surface area (Å²) in [5, 5.41) is 4.89. The van der Waals surface area contributed by atoms with E-state index < -0.39 is 5.25 Å². The fourth-order valence-corrected chi connectivity index (χ4v) is 4.76. The van der Waals surface area contributed by atoms with Crippen molar-refractivity contribution in [1.82, 2.24) is 4.90 Å². The predicted molar refractivity (Wildman–Crippen MR) is 116 cm³/mol. The van der Waals surface area contributed by atoms with Gasteiger partial charge in [0.1, 0.15) is 5.75 Å². The average Bonchev–Trinajstić information content (AvgIpc) is 2.78. The van der Waals surface area contributed by atoms with Crippen molar-refractivity contribution < 1.29 is 19.1 Å². The highest BCUT2D eigenvalue weighted by molar-refractivity contribution is 8.01. The quantitative estimate of drug-likeness (QED) is 0.736. The van der Waals surface area contributed by atoms with Crippen LogP contribution in [0.25, 0.3) is 0 Å². The number of methoxy groups -OCH3 is 1. The summed E-state index contributed by atoms with van der Waals surface area (Å²) in [6, 6.07) is 14.6. The van der Waals surface area contributed by atoms with Crippen molar-refractivity contribution in [2.45, 2.75) is 23.0 Å². The monoisotopic (exact) mass is 425 g/mol.